The molecule has 1 saturated heterocycles. The third kappa shape index (κ3) is 3.30. The first kappa shape index (κ1) is 15.3. The standard InChI is InChI=1S/C14H19BrFN3O/c1-3-18-6-8-19(9-7-18)14(20)17(2)11-4-5-13(16)12(15)10-11/h4-5,10H,3,6-9H2,1-2H3. The molecule has 2 rings (SSSR count). The van der Waals surface area contributed by atoms with Gasteiger partial charge < -0.3 is 9.80 Å². The highest BCUT2D eigenvalue weighted by atomic mass is 79.9. The number of benzene rings is 1. The summed E-state index contributed by atoms with van der Waals surface area (Å²) >= 11 is 3.14. The molecule has 1 aromatic rings. The van der Waals surface area contributed by atoms with E-state index in [4.69, 9.17) is 0 Å². The van der Waals surface area contributed by atoms with Crippen LogP contribution in [-0.2, 0) is 0 Å². The summed E-state index contributed by atoms with van der Waals surface area (Å²) in [6.45, 7) is 6.42. The molecule has 0 unspecified atom stereocenters. The highest BCUT2D eigenvalue weighted by Crippen LogP contribution is 2.23. The molecule has 0 radical (unpaired) electrons. The number of hydrogen-bond donors (Lipinski definition) is 0. The molecule has 0 saturated carbocycles. The predicted molar refractivity (Wildman–Crippen MR) is 81.6 cm³/mol. The van der Waals surface area contributed by atoms with E-state index >= 15 is 0 Å². The van der Waals surface area contributed by atoms with E-state index in [1.165, 1.54) is 6.07 Å². The van der Waals surface area contributed by atoms with Crippen LogP contribution in [0.2, 0.25) is 0 Å². The van der Waals surface area contributed by atoms with Gasteiger partial charge >= 0.3 is 6.03 Å². The lowest BCUT2D eigenvalue weighted by Crippen LogP contribution is -2.52. The summed E-state index contributed by atoms with van der Waals surface area (Å²) in [6, 6.07) is 4.55. The number of rotatable bonds is 2. The molecule has 1 heterocycles. The zero-order valence-corrected chi connectivity index (χ0v) is 13.4. The van der Waals surface area contributed by atoms with Crippen LogP contribution in [0.1, 0.15) is 6.92 Å². The molecule has 1 fully saturated rings. The summed E-state index contributed by atoms with van der Waals surface area (Å²) in [5, 5.41) is 0. The Morgan fingerprint density at radius 2 is 2.00 bits per heavy atom. The maximum absolute atomic E-state index is 13.2. The van der Waals surface area contributed by atoms with Crippen LogP contribution in [-0.4, -0.2) is 55.6 Å². The molecule has 2 amide bonds. The average Bonchev–Trinajstić information content (AvgIpc) is 2.48. The first-order chi connectivity index (χ1) is 9.52. The lowest BCUT2D eigenvalue weighted by Gasteiger charge is -2.36. The van der Waals surface area contributed by atoms with Crippen LogP contribution in [0.3, 0.4) is 0 Å². The lowest BCUT2D eigenvalue weighted by molar-refractivity contribution is 0.148. The molecule has 0 N–H and O–H groups in total. The summed E-state index contributed by atoms with van der Waals surface area (Å²) < 4.78 is 13.6. The Balaban J connectivity index is 2.03. The van der Waals surface area contributed by atoms with Gasteiger partial charge in [0, 0.05) is 38.9 Å². The van der Waals surface area contributed by atoms with Crippen LogP contribution < -0.4 is 4.90 Å². The van der Waals surface area contributed by atoms with Gasteiger partial charge in [0.05, 0.1) is 4.47 Å². The van der Waals surface area contributed by atoms with Crippen molar-refractivity contribution in [2.45, 2.75) is 6.92 Å². The second-order valence-electron chi connectivity index (χ2n) is 4.86. The van der Waals surface area contributed by atoms with Crippen molar-refractivity contribution < 1.29 is 9.18 Å². The van der Waals surface area contributed by atoms with Gasteiger partial charge in [0.1, 0.15) is 5.82 Å². The third-order valence-electron chi connectivity index (χ3n) is 3.67. The second kappa shape index (κ2) is 6.54. The summed E-state index contributed by atoms with van der Waals surface area (Å²) in [5.74, 6) is -0.328. The lowest BCUT2D eigenvalue weighted by atomic mass is 10.3. The van der Waals surface area contributed by atoms with E-state index in [1.807, 2.05) is 4.90 Å². The van der Waals surface area contributed by atoms with Crippen molar-refractivity contribution in [3.63, 3.8) is 0 Å². The molecule has 0 atom stereocenters. The Morgan fingerprint density at radius 3 is 2.55 bits per heavy atom. The van der Waals surface area contributed by atoms with Gasteiger partial charge in [0.15, 0.2) is 0 Å². The highest BCUT2D eigenvalue weighted by Gasteiger charge is 2.23. The van der Waals surface area contributed by atoms with E-state index < -0.39 is 0 Å². The Kier molecular flexibility index (Phi) is 4.99. The Hall–Kier alpha value is -1.14. The Labute approximate surface area is 127 Å². The summed E-state index contributed by atoms with van der Waals surface area (Å²) in [5.41, 5.74) is 0.682. The Morgan fingerprint density at radius 1 is 1.35 bits per heavy atom. The predicted octanol–water partition coefficient (Wildman–Crippen LogP) is 2.78. The quantitative estimate of drug-likeness (QED) is 0.825. The number of nitrogens with zero attached hydrogens (tertiary/aromatic N) is 3. The maximum atomic E-state index is 13.2. The van der Waals surface area contributed by atoms with Crippen LogP contribution in [0, 0.1) is 5.82 Å². The van der Waals surface area contributed by atoms with E-state index in [-0.39, 0.29) is 11.8 Å². The third-order valence-corrected chi connectivity index (χ3v) is 4.28. The van der Waals surface area contributed by atoms with Crippen molar-refractivity contribution in [3.05, 3.63) is 28.5 Å². The van der Waals surface area contributed by atoms with Crippen molar-refractivity contribution in [1.29, 1.82) is 0 Å². The monoisotopic (exact) mass is 343 g/mol. The van der Waals surface area contributed by atoms with Gasteiger partial charge in [-0.1, -0.05) is 6.92 Å². The van der Waals surface area contributed by atoms with Gasteiger partial charge in [-0.15, -0.1) is 0 Å². The molecule has 0 aromatic heterocycles. The van der Waals surface area contributed by atoms with Crippen molar-refractivity contribution in [2.24, 2.45) is 0 Å². The fraction of sp³-hybridized carbons (Fsp3) is 0.500. The Bertz CT molecular complexity index is 489. The van der Waals surface area contributed by atoms with Gasteiger partial charge in [-0.3, -0.25) is 4.90 Å². The second-order valence-corrected chi connectivity index (χ2v) is 5.72. The largest absolute Gasteiger partial charge is 0.324 e. The zero-order valence-electron chi connectivity index (χ0n) is 11.8. The number of piperazine rings is 1. The van der Waals surface area contributed by atoms with E-state index in [1.54, 1.807) is 24.1 Å². The number of likely N-dealkylation sites (N-methyl/N-ethyl adjacent to an activating group) is 1. The SMILES string of the molecule is CCN1CCN(C(=O)N(C)c2ccc(F)c(Br)c2)CC1. The van der Waals surface area contributed by atoms with Crippen LogP contribution >= 0.6 is 15.9 Å². The molecule has 0 aliphatic carbocycles. The van der Waals surface area contributed by atoms with Crippen molar-refractivity contribution >= 4 is 27.6 Å². The van der Waals surface area contributed by atoms with Gasteiger partial charge in [0.25, 0.3) is 0 Å². The van der Waals surface area contributed by atoms with Gasteiger partial charge in [-0.05, 0) is 40.7 Å². The molecule has 1 aromatic carbocycles. The molecule has 0 bridgehead atoms. The number of anilines is 1. The van der Waals surface area contributed by atoms with Crippen molar-refractivity contribution in [2.75, 3.05) is 44.7 Å². The minimum absolute atomic E-state index is 0.0424. The molecule has 0 spiro atoms. The number of carbonyl (C=O) groups is 1. The van der Waals surface area contributed by atoms with Crippen LogP contribution in [0.4, 0.5) is 14.9 Å². The maximum Gasteiger partial charge on any atom is 0.324 e. The first-order valence-corrected chi connectivity index (χ1v) is 7.52. The van der Waals surface area contributed by atoms with Crippen molar-refractivity contribution in [3.8, 4) is 0 Å². The molecule has 1 aliphatic rings. The average molecular weight is 344 g/mol. The van der Waals surface area contributed by atoms with Gasteiger partial charge in [-0.25, -0.2) is 9.18 Å². The normalized spacial score (nSPS) is 16.3. The van der Waals surface area contributed by atoms with Gasteiger partial charge in [-0.2, -0.15) is 0 Å². The van der Waals surface area contributed by atoms with E-state index in [9.17, 15) is 9.18 Å². The minimum Gasteiger partial charge on any atom is -0.322 e. The number of hydrogen-bond acceptors (Lipinski definition) is 2. The van der Waals surface area contributed by atoms with Crippen LogP contribution in [0.25, 0.3) is 0 Å². The molecule has 20 heavy (non-hydrogen) atoms. The highest BCUT2D eigenvalue weighted by molar-refractivity contribution is 9.10. The molecule has 110 valence electrons. The number of amides is 2. The first-order valence-electron chi connectivity index (χ1n) is 6.73. The van der Waals surface area contributed by atoms with Crippen molar-refractivity contribution in [1.82, 2.24) is 9.80 Å². The fourth-order valence-electron chi connectivity index (χ4n) is 2.27. The summed E-state index contributed by atoms with van der Waals surface area (Å²) in [7, 11) is 1.72. The summed E-state index contributed by atoms with van der Waals surface area (Å²) in [6.07, 6.45) is 0. The molecular weight excluding hydrogens is 325 g/mol. The molecule has 6 heteroatoms. The molecule has 1 aliphatic heterocycles. The van der Waals surface area contributed by atoms with Crippen LogP contribution in [0.15, 0.2) is 22.7 Å². The van der Waals surface area contributed by atoms with E-state index in [0.717, 1.165) is 32.7 Å². The fourth-order valence-corrected chi connectivity index (χ4v) is 2.64. The van der Waals surface area contributed by atoms with E-state index in [2.05, 4.69) is 27.8 Å². The topological polar surface area (TPSA) is 26.8 Å². The number of carbonyl (C=O) groups excluding carboxylic acids is 1. The number of urea groups is 1. The molecular formula is C14H19BrFN3O. The smallest absolute Gasteiger partial charge is 0.322 e. The van der Waals surface area contributed by atoms with E-state index in [0.29, 0.717) is 10.2 Å². The minimum atomic E-state index is -0.328. The van der Waals surface area contributed by atoms with Gasteiger partial charge in [0.2, 0.25) is 0 Å². The summed E-state index contributed by atoms with van der Waals surface area (Å²) in [4.78, 5) is 18.1. The number of halogens is 2. The molecule has 4 nitrogen and oxygen atoms in total. The van der Waals surface area contributed by atoms with Crippen LogP contribution in [0.5, 0.6) is 0 Å². The zero-order chi connectivity index (χ0) is 14.7.